The lowest BCUT2D eigenvalue weighted by Crippen LogP contribution is -2.41. The zero-order valence-electron chi connectivity index (χ0n) is 15.4. The van der Waals surface area contributed by atoms with Crippen LogP contribution in [0.25, 0.3) is 0 Å². The molecule has 1 aromatic carbocycles. The van der Waals surface area contributed by atoms with Crippen LogP contribution in [0.5, 0.6) is 5.75 Å². The summed E-state index contributed by atoms with van der Waals surface area (Å²) in [6.07, 6.45) is 1.20. The summed E-state index contributed by atoms with van der Waals surface area (Å²) in [4.78, 5) is 0.162. The predicted octanol–water partition coefficient (Wildman–Crippen LogP) is 2.68. The highest BCUT2D eigenvalue weighted by molar-refractivity contribution is 7.89. The van der Waals surface area contributed by atoms with Crippen molar-refractivity contribution in [3.63, 3.8) is 0 Å². The van der Waals surface area contributed by atoms with Gasteiger partial charge in [0, 0.05) is 13.1 Å². The van der Waals surface area contributed by atoms with E-state index in [1.165, 1.54) is 16.4 Å². The first-order valence-corrected chi connectivity index (χ1v) is 10.2. The van der Waals surface area contributed by atoms with Gasteiger partial charge in [-0.2, -0.15) is 4.31 Å². The van der Waals surface area contributed by atoms with Crippen LogP contribution in [-0.2, 0) is 14.8 Å². The van der Waals surface area contributed by atoms with Crippen LogP contribution in [-0.4, -0.2) is 50.3 Å². The number of piperidine rings is 1. The van der Waals surface area contributed by atoms with Crippen LogP contribution in [0.4, 0.5) is 4.39 Å². The summed E-state index contributed by atoms with van der Waals surface area (Å²) >= 11 is 0. The first-order chi connectivity index (χ1) is 12.9. The van der Waals surface area contributed by atoms with Crippen molar-refractivity contribution in [1.82, 2.24) is 9.46 Å². The number of aryl methyl sites for hydroxylation is 2. The molecule has 1 saturated heterocycles. The van der Waals surface area contributed by atoms with E-state index >= 15 is 0 Å². The molecule has 2 aromatic rings. The van der Waals surface area contributed by atoms with Crippen molar-refractivity contribution in [2.75, 3.05) is 26.3 Å². The Bertz CT molecular complexity index is 839. The Morgan fingerprint density at radius 2 is 1.85 bits per heavy atom. The minimum atomic E-state index is -3.60. The third-order valence-corrected chi connectivity index (χ3v) is 6.63. The SMILES string of the molecule is Cc1noc(C)c1S(=O)(=O)N1CCC(OCCOc2ccc(F)cc2)CC1. The fourth-order valence-electron chi connectivity index (χ4n) is 3.12. The predicted molar refractivity (Wildman–Crippen MR) is 95.6 cm³/mol. The van der Waals surface area contributed by atoms with Crippen LogP contribution in [0.1, 0.15) is 24.3 Å². The van der Waals surface area contributed by atoms with E-state index in [4.69, 9.17) is 14.0 Å². The van der Waals surface area contributed by atoms with Crippen LogP contribution in [0.3, 0.4) is 0 Å². The fourth-order valence-corrected chi connectivity index (χ4v) is 4.88. The van der Waals surface area contributed by atoms with Gasteiger partial charge in [0.2, 0.25) is 10.0 Å². The first kappa shape index (κ1) is 19.8. The lowest BCUT2D eigenvalue weighted by Gasteiger charge is -2.31. The van der Waals surface area contributed by atoms with E-state index in [0.29, 0.717) is 56.3 Å². The molecule has 1 aromatic heterocycles. The number of benzene rings is 1. The van der Waals surface area contributed by atoms with Gasteiger partial charge in [-0.15, -0.1) is 0 Å². The van der Waals surface area contributed by atoms with Gasteiger partial charge < -0.3 is 14.0 Å². The maximum Gasteiger partial charge on any atom is 0.248 e. The molecule has 0 aliphatic carbocycles. The molecule has 148 valence electrons. The zero-order valence-corrected chi connectivity index (χ0v) is 16.2. The minimum Gasteiger partial charge on any atom is -0.491 e. The van der Waals surface area contributed by atoms with E-state index in [1.54, 1.807) is 26.0 Å². The van der Waals surface area contributed by atoms with Gasteiger partial charge in [-0.05, 0) is 51.0 Å². The third kappa shape index (κ3) is 4.66. The lowest BCUT2D eigenvalue weighted by atomic mass is 10.1. The summed E-state index contributed by atoms with van der Waals surface area (Å²) in [5, 5.41) is 3.73. The highest BCUT2D eigenvalue weighted by Crippen LogP contribution is 2.26. The Kier molecular flexibility index (Phi) is 6.13. The van der Waals surface area contributed by atoms with Crippen molar-refractivity contribution in [1.29, 1.82) is 0 Å². The van der Waals surface area contributed by atoms with Crippen molar-refractivity contribution in [2.45, 2.75) is 37.7 Å². The van der Waals surface area contributed by atoms with Crippen molar-refractivity contribution < 1.29 is 26.8 Å². The number of sulfonamides is 1. The maximum atomic E-state index is 12.8. The molecule has 0 bridgehead atoms. The van der Waals surface area contributed by atoms with E-state index in [2.05, 4.69) is 5.16 Å². The van der Waals surface area contributed by atoms with E-state index in [0.717, 1.165) is 0 Å². The molecule has 0 N–H and O–H groups in total. The number of rotatable bonds is 7. The quantitative estimate of drug-likeness (QED) is 0.667. The van der Waals surface area contributed by atoms with Crippen molar-refractivity contribution in [3.05, 3.63) is 41.5 Å². The molecule has 9 heteroatoms. The molecule has 27 heavy (non-hydrogen) atoms. The van der Waals surface area contributed by atoms with E-state index in [-0.39, 0.29) is 16.8 Å². The minimum absolute atomic E-state index is 0.0158. The molecule has 3 rings (SSSR count). The molecule has 0 spiro atoms. The van der Waals surface area contributed by atoms with Crippen molar-refractivity contribution in [3.8, 4) is 5.75 Å². The Morgan fingerprint density at radius 1 is 1.19 bits per heavy atom. The van der Waals surface area contributed by atoms with Crippen molar-refractivity contribution in [2.24, 2.45) is 0 Å². The molecule has 1 aliphatic rings. The van der Waals surface area contributed by atoms with E-state index in [9.17, 15) is 12.8 Å². The van der Waals surface area contributed by atoms with Gasteiger partial charge in [0.05, 0.1) is 12.7 Å². The number of ether oxygens (including phenoxy) is 2. The molecule has 0 saturated carbocycles. The summed E-state index contributed by atoms with van der Waals surface area (Å²) in [6.45, 7) is 4.73. The molecule has 1 aliphatic heterocycles. The van der Waals surface area contributed by atoms with Gasteiger partial charge in [0.15, 0.2) is 5.76 Å². The molecule has 2 heterocycles. The highest BCUT2D eigenvalue weighted by Gasteiger charge is 2.33. The number of hydrogen-bond acceptors (Lipinski definition) is 6. The van der Waals surface area contributed by atoms with E-state index < -0.39 is 10.0 Å². The third-order valence-electron chi connectivity index (χ3n) is 4.49. The average molecular weight is 398 g/mol. The largest absolute Gasteiger partial charge is 0.491 e. The molecular formula is C18H23FN2O5S. The Balaban J connectivity index is 1.44. The normalized spacial score (nSPS) is 16.6. The number of nitrogens with zero attached hydrogens (tertiary/aromatic N) is 2. The standard InChI is InChI=1S/C18H23FN2O5S/c1-13-18(14(2)26-20-13)27(22,23)21-9-7-17(8-10-21)25-12-11-24-16-5-3-15(19)4-6-16/h3-6,17H,7-12H2,1-2H3. The summed E-state index contributed by atoms with van der Waals surface area (Å²) in [7, 11) is -3.60. The van der Waals surface area contributed by atoms with Crippen LogP contribution in [0, 0.1) is 19.7 Å². The second kappa shape index (κ2) is 8.37. The smallest absolute Gasteiger partial charge is 0.248 e. The molecule has 7 nitrogen and oxygen atoms in total. The fraction of sp³-hybridized carbons (Fsp3) is 0.500. The van der Waals surface area contributed by atoms with E-state index in [1.807, 2.05) is 0 Å². The number of hydrogen-bond donors (Lipinski definition) is 0. The van der Waals surface area contributed by atoms with Gasteiger partial charge in [-0.25, -0.2) is 12.8 Å². The molecule has 0 unspecified atom stereocenters. The van der Waals surface area contributed by atoms with Gasteiger partial charge >= 0.3 is 0 Å². The van der Waals surface area contributed by atoms with Crippen LogP contribution in [0.2, 0.25) is 0 Å². The van der Waals surface area contributed by atoms with Crippen LogP contribution in [0.15, 0.2) is 33.7 Å². The van der Waals surface area contributed by atoms with Crippen LogP contribution >= 0.6 is 0 Å². The lowest BCUT2D eigenvalue weighted by molar-refractivity contribution is 0.00699. The first-order valence-electron chi connectivity index (χ1n) is 8.81. The topological polar surface area (TPSA) is 81.9 Å². The second-order valence-corrected chi connectivity index (χ2v) is 8.30. The second-order valence-electron chi connectivity index (χ2n) is 6.43. The van der Waals surface area contributed by atoms with Gasteiger partial charge in [0.1, 0.15) is 28.8 Å². The molecule has 0 radical (unpaired) electrons. The molecule has 0 amide bonds. The molecule has 1 fully saturated rings. The summed E-state index contributed by atoms with van der Waals surface area (Å²) in [6, 6.07) is 5.80. The highest BCUT2D eigenvalue weighted by atomic mass is 32.2. The Hall–Kier alpha value is -1.97. The number of halogens is 1. The average Bonchev–Trinajstić information content (AvgIpc) is 3.00. The summed E-state index contributed by atoms with van der Waals surface area (Å²) in [5.41, 5.74) is 0.379. The molecular weight excluding hydrogens is 375 g/mol. The maximum absolute atomic E-state index is 12.8. The summed E-state index contributed by atoms with van der Waals surface area (Å²) in [5.74, 6) is 0.584. The Morgan fingerprint density at radius 3 is 2.44 bits per heavy atom. The van der Waals surface area contributed by atoms with Crippen molar-refractivity contribution >= 4 is 10.0 Å². The van der Waals surface area contributed by atoms with Crippen LogP contribution < -0.4 is 4.74 Å². The molecule has 0 atom stereocenters. The zero-order chi connectivity index (χ0) is 19.4. The monoisotopic (exact) mass is 398 g/mol. The number of aromatic nitrogens is 1. The Labute approximate surface area is 158 Å². The van der Waals surface area contributed by atoms with Gasteiger partial charge in [-0.3, -0.25) is 0 Å². The van der Waals surface area contributed by atoms with Gasteiger partial charge in [-0.1, -0.05) is 5.16 Å². The van der Waals surface area contributed by atoms with Gasteiger partial charge in [0.25, 0.3) is 0 Å². The summed E-state index contributed by atoms with van der Waals surface area (Å²) < 4.78 is 56.1.